The van der Waals surface area contributed by atoms with Crippen LogP contribution in [0.2, 0.25) is 0 Å². The van der Waals surface area contributed by atoms with Crippen LogP contribution in [0.4, 0.5) is 13.2 Å². The molecule has 2 aromatic heterocycles. The zero-order valence-corrected chi connectivity index (χ0v) is 15.1. The van der Waals surface area contributed by atoms with Crippen LogP contribution in [0.15, 0.2) is 29.2 Å². The first kappa shape index (κ1) is 18.6. The number of carbonyl (C=O) groups is 1. The lowest BCUT2D eigenvalue weighted by molar-refractivity contribution is -0.141. The first-order chi connectivity index (χ1) is 13.3. The number of fused-ring (bicyclic) bond motifs is 1. The Balaban J connectivity index is 1.52. The summed E-state index contributed by atoms with van der Waals surface area (Å²) in [6.45, 7) is 0.774. The van der Waals surface area contributed by atoms with Crippen molar-refractivity contribution in [2.24, 2.45) is 0 Å². The number of rotatable bonds is 3. The number of alkyl halides is 3. The first-order valence-electron chi connectivity index (χ1n) is 9.27. The van der Waals surface area contributed by atoms with Gasteiger partial charge in [-0.2, -0.15) is 18.3 Å². The molecule has 148 valence electrons. The topological polar surface area (TPSA) is 68.1 Å². The lowest BCUT2D eigenvalue weighted by Crippen LogP contribution is -2.40. The van der Waals surface area contributed by atoms with Crippen LogP contribution in [0.5, 0.6) is 0 Å². The third kappa shape index (κ3) is 3.53. The summed E-state index contributed by atoms with van der Waals surface area (Å²) in [5, 5.41) is 4.45. The Hall–Kier alpha value is -2.71. The molecule has 4 rings (SSSR count). The molecule has 0 saturated carbocycles. The molecule has 28 heavy (non-hydrogen) atoms. The summed E-state index contributed by atoms with van der Waals surface area (Å²) in [7, 11) is 0. The highest BCUT2D eigenvalue weighted by Crippen LogP contribution is 2.28. The van der Waals surface area contributed by atoms with E-state index in [0.29, 0.717) is 13.0 Å². The van der Waals surface area contributed by atoms with Crippen molar-refractivity contribution in [1.82, 2.24) is 19.7 Å². The number of carbonyl (C=O) groups excluding carboxylic acids is 1. The average molecular weight is 392 g/mol. The maximum atomic E-state index is 12.8. The normalized spacial score (nSPS) is 19.1. The lowest BCUT2D eigenvalue weighted by Gasteiger charge is -2.25. The van der Waals surface area contributed by atoms with E-state index in [0.717, 1.165) is 55.3 Å². The fraction of sp³-hybridized carbons (Fsp3) is 0.474. The SMILES string of the molecule is O=C(c1ccc(C(F)(F)F)nc1)N1CCCC1Cn1nc2c(cc1=O)CCC2. The second kappa shape index (κ2) is 7.03. The number of nitrogens with zero attached hydrogens (tertiary/aromatic N) is 4. The highest BCUT2D eigenvalue weighted by atomic mass is 19.4. The van der Waals surface area contributed by atoms with Crippen LogP contribution >= 0.6 is 0 Å². The predicted octanol–water partition coefficient (Wildman–Crippen LogP) is 2.45. The van der Waals surface area contributed by atoms with Crippen LogP contribution in [0.25, 0.3) is 0 Å². The van der Waals surface area contributed by atoms with E-state index in [-0.39, 0.29) is 29.6 Å². The van der Waals surface area contributed by atoms with Crippen molar-refractivity contribution >= 4 is 5.91 Å². The minimum Gasteiger partial charge on any atom is -0.334 e. The predicted molar refractivity (Wildman–Crippen MR) is 93.8 cm³/mol. The van der Waals surface area contributed by atoms with Crippen LogP contribution in [-0.2, 0) is 25.6 Å². The molecule has 0 N–H and O–H groups in total. The summed E-state index contributed by atoms with van der Waals surface area (Å²) in [5.74, 6) is -0.377. The van der Waals surface area contributed by atoms with Crippen molar-refractivity contribution in [2.45, 2.75) is 50.9 Å². The van der Waals surface area contributed by atoms with Gasteiger partial charge in [0.25, 0.3) is 11.5 Å². The molecule has 2 aliphatic rings. The smallest absolute Gasteiger partial charge is 0.334 e. The highest BCUT2D eigenvalue weighted by molar-refractivity contribution is 5.94. The molecule has 1 fully saturated rings. The summed E-state index contributed by atoms with van der Waals surface area (Å²) in [5.41, 5.74) is 0.820. The van der Waals surface area contributed by atoms with E-state index in [9.17, 15) is 22.8 Å². The molecule has 3 heterocycles. The Morgan fingerprint density at radius 3 is 2.75 bits per heavy atom. The molecule has 9 heteroatoms. The van der Waals surface area contributed by atoms with Gasteiger partial charge in [-0.15, -0.1) is 0 Å². The zero-order chi connectivity index (χ0) is 19.9. The lowest BCUT2D eigenvalue weighted by atomic mass is 10.2. The molecule has 1 atom stereocenters. The van der Waals surface area contributed by atoms with Gasteiger partial charge in [0, 0.05) is 18.8 Å². The van der Waals surface area contributed by atoms with Crippen LogP contribution in [0.1, 0.15) is 46.6 Å². The van der Waals surface area contributed by atoms with E-state index >= 15 is 0 Å². The Bertz CT molecular complexity index is 953. The second-order valence-electron chi connectivity index (χ2n) is 7.21. The third-order valence-corrected chi connectivity index (χ3v) is 5.35. The van der Waals surface area contributed by atoms with E-state index in [1.807, 2.05) is 0 Å². The number of likely N-dealkylation sites (tertiary alicyclic amines) is 1. The van der Waals surface area contributed by atoms with Crippen molar-refractivity contribution in [1.29, 1.82) is 0 Å². The quantitative estimate of drug-likeness (QED) is 0.805. The van der Waals surface area contributed by atoms with Gasteiger partial charge in [0.05, 0.1) is 23.8 Å². The first-order valence-corrected chi connectivity index (χ1v) is 9.27. The van der Waals surface area contributed by atoms with Crippen LogP contribution in [0, 0.1) is 0 Å². The van der Waals surface area contributed by atoms with Crippen molar-refractivity contribution in [3.8, 4) is 0 Å². The number of aryl methyl sites for hydroxylation is 2. The maximum absolute atomic E-state index is 12.8. The Morgan fingerprint density at radius 2 is 2.04 bits per heavy atom. The van der Waals surface area contributed by atoms with Gasteiger partial charge in [-0.3, -0.25) is 14.6 Å². The molecule has 1 unspecified atom stereocenters. The van der Waals surface area contributed by atoms with Gasteiger partial charge in [0.2, 0.25) is 0 Å². The molecule has 1 aliphatic carbocycles. The molecule has 1 saturated heterocycles. The molecule has 1 aliphatic heterocycles. The van der Waals surface area contributed by atoms with E-state index in [4.69, 9.17) is 0 Å². The number of hydrogen-bond acceptors (Lipinski definition) is 4. The highest BCUT2D eigenvalue weighted by Gasteiger charge is 2.34. The van der Waals surface area contributed by atoms with Crippen molar-refractivity contribution in [3.05, 3.63) is 57.3 Å². The summed E-state index contributed by atoms with van der Waals surface area (Å²) < 4.78 is 39.4. The maximum Gasteiger partial charge on any atom is 0.433 e. The van der Waals surface area contributed by atoms with E-state index in [1.165, 1.54) is 4.68 Å². The van der Waals surface area contributed by atoms with E-state index in [2.05, 4.69) is 10.1 Å². The molecule has 0 bridgehead atoms. The number of amides is 1. The van der Waals surface area contributed by atoms with Crippen molar-refractivity contribution in [2.75, 3.05) is 6.54 Å². The number of hydrogen-bond donors (Lipinski definition) is 0. The number of pyridine rings is 1. The molecule has 0 aromatic carbocycles. The zero-order valence-electron chi connectivity index (χ0n) is 15.1. The number of aromatic nitrogens is 3. The molecule has 6 nitrogen and oxygen atoms in total. The van der Waals surface area contributed by atoms with Gasteiger partial charge in [-0.25, -0.2) is 4.68 Å². The summed E-state index contributed by atoms with van der Waals surface area (Å²) in [4.78, 5) is 30.1. The molecule has 0 spiro atoms. The van der Waals surface area contributed by atoms with Gasteiger partial charge >= 0.3 is 6.18 Å². The van der Waals surface area contributed by atoms with E-state index < -0.39 is 11.9 Å². The fourth-order valence-corrected chi connectivity index (χ4v) is 3.92. The Kier molecular flexibility index (Phi) is 4.68. The van der Waals surface area contributed by atoms with Gasteiger partial charge in [0.1, 0.15) is 5.69 Å². The molecule has 2 aromatic rings. The van der Waals surface area contributed by atoms with Gasteiger partial charge < -0.3 is 4.90 Å². The third-order valence-electron chi connectivity index (χ3n) is 5.35. The second-order valence-corrected chi connectivity index (χ2v) is 7.21. The van der Waals surface area contributed by atoms with Gasteiger partial charge in [0.15, 0.2) is 0 Å². The number of halogens is 3. The van der Waals surface area contributed by atoms with Crippen LogP contribution in [0.3, 0.4) is 0 Å². The minimum atomic E-state index is -4.54. The standard InChI is InChI=1S/C19H19F3N4O2/c20-19(21,22)16-7-6-13(10-23-16)18(28)25-8-2-4-14(25)11-26-17(27)9-12-3-1-5-15(12)24-26/h6-7,9-10,14H,1-5,8,11H2. The van der Waals surface area contributed by atoms with Crippen molar-refractivity contribution in [3.63, 3.8) is 0 Å². The van der Waals surface area contributed by atoms with Crippen molar-refractivity contribution < 1.29 is 18.0 Å². The molecular weight excluding hydrogens is 373 g/mol. The van der Waals surface area contributed by atoms with Crippen LogP contribution < -0.4 is 5.56 Å². The fourth-order valence-electron chi connectivity index (χ4n) is 3.92. The molecule has 1 amide bonds. The summed E-state index contributed by atoms with van der Waals surface area (Å²) in [6, 6.07) is 3.36. The molecular formula is C19H19F3N4O2. The van der Waals surface area contributed by atoms with Gasteiger partial charge in [-0.05, 0) is 49.8 Å². The molecule has 0 radical (unpaired) electrons. The van der Waals surface area contributed by atoms with Crippen LogP contribution in [-0.4, -0.2) is 38.2 Å². The monoisotopic (exact) mass is 392 g/mol. The largest absolute Gasteiger partial charge is 0.433 e. The average Bonchev–Trinajstić information content (AvgIpc) is 3.30. The Morgan fingerprint density at radius 1 is 1.21 bits per heavy atom. The van der Waals surface area contributed by atoms with Gasteiger partial charge in [-0.1, -0.05) is 0 Å². The summed E-state index contributed by atoms with van der Waals surface area (Å²) in [6.07, 6.45) is 0.599. The van der Waals surface area contributed by atoms with E-state index in [1.54, 1.807) is 11.0 Å². The minimum absolute atomic E-state index is 0.106. The Labute approximate surface area is 159 Å². The summed E-state index contributed by atoms with van der Waals surface area (Å²) >= 11 is 0.